The molecule has 1 N–H and O–H groups in total. The number of carbonyl (C=O) groups excluding carboxylic acids is 2. The molecule has 0 radical (unpaired) electrons. The average molecular weight is 437 g/mol. The van der Waals surface area contributed by atoms with Gasteiger partial charge in [-0.1, -0.05) is 6.92 Å². The summed E-state index contributed by atoms with van der Waals surface area (Å²) in [5.41, 5.74) is 2.29. The van der Waals surface area contributed by atoms with E-state index in [-0.39, 0.29) is 35.9 Å². The molecular weight excluding hydrogens is 410 g/mol. The van der Waals surface area contributed by atoms with Crippen molar-refractivity contribution in [3.63, 3.8) is 0 Å². The van der Waals surface area contributed by atoms with E-state index in [1.807, 2.05) is 13.0 Å². The fourth-order valence-corrected chi connectivity index (χ4v) is 4.71. The predicted octanol–water partition coefficient (Wildman–Crippen LogP) is 5.42. The van der Waals surface area contributed by atoms with Crippen molar-refractivity contribution in [1.29, 1.82) is 0 Å². The largest absolute Gasteiger partial charge is 0.348 e. The van der Waals surface area contributed by atoms with Crippen LogP contribution in [0.2, 0.25) is 0 Å². The van der Waals surface area contributed by atoms with Gasteiger partial charge in [0.2, 0.25) is 5.91 Å². The van der Waals surface area contributed by atoms with Crippen molar-refractivity contribution >= 4 is 22.6 Å². The summed E-state index contributed by atoms with van der Waals surface area (Å²) in [5.74, 6) is -0.707. The van der Waals surface area contributed by atoms with E-state index in [1.165, 1.54) is 30.3 Å². The normalized spacial score (nSPS) is 19.5. The second-order valence-electron chi connectivity index (χ2n) is 8.61. The van der Waals surface area contributed by atoms with Gasteiger partial charge in [0.15, 0.2) is 5.78 Å². The average Bonchev–Trinajstić information content (AvgIpc) is 2.82. The molecule has 3 aromatic rings. The number of hydrogen-bond donors (Lipinski definition) is 1. The number of carbonyl (C=O) groups is 2. The molecule has 1 amide bonds. The van der Waals surface area contributed by atoms with Gasteiger partial charge in [0, 0.05) is 23.1 Å². The smallest absolute Gasteiger partial charge is 0.223 e. The zero-order valence-electron chi connectivity index (χ0n) is 18.0. The van der Waals surface area contributed by atoms with E-state index in [1.54, 1.807) is 18.3 Å². The quantitative estimate of drug-likeness (QED) is 0.525. The van der Waals surface area contributed by atoms with Crippen LogP contribution in [0.3, 0.4) is 0 Å². The Bertz CT molecular complexity index is 1120. The molecule has 0 spiro atoms. The highest BCUT2D eigenvalue weighted by atomic mass is 19.1. The highest BCUT2D eigenvalue weighted by molar-refractivity contribution is 5.99. The van der Waals surface area contributed by atoms with Crippen molar-refractivity contribution in [2.24, 2.45) is 11.8 Å². The molecule has 32 heavy (non-hydrogen) atoms. The molecule has 0 saturated heterocycles. The number of aromatic nitrogens is 1. The van der Waals surface area contributed by atoms with E-state index in [4.69, 9.17) is 0 Å². The van der Waals surface area contributed by atoms with Crippen molar-refractivity contribution in [2.45, 2.75) is 38.5 Å². The number of ketones is 1. The number of fused-ring (bicyclic) bond motifs is 1. The van der Waals surface area contributed by atoms with Gasteiger partial charge in [-0.25, -0.2) is 8.78 Å². The maximum Gasteiger partial charge on any atom is 0.223 e. The molecule has 166 valence electrons. The molecule has 4 rings (SSSR count). The second-order valence-corrected chi connectivity index (χ2v) is 8.61. The van der Waals surface area contributed by atoms with Crippen molar-refractivity contribution < 1.29 is 18.4 Å². The Kier molecular flexibility index (Phi) is 6.58. The summed E-state index contributed by atoms with van der Waals surface area (Å²) >= 11 is 0. The van der Waals surface area contributed by atoms with E-state index in [0.717, 1.165) is 42.1 Å². The van der Waals surface area contributed by atoms with Crippen molar-refractivity contribution in [3.8, 4) is 0 Å². The molecular formula is C26H26F2N2O2. The third-order valence-corrected chi connectivity index (χ3v) is 6.66. The van der Waals surface area contributed by atoms with E-state index in [9.17, 15) is 18.4 Å². The van der Waals surface area contributed by atoms with Crippen LogP contribution >= 0.6 is 0 Å². The number of amides is 1. The summed E-state index contributed by atoms with van der Waals surface area (Å²) in [6.45, 7) is 1.80. The Morgan fingerprint density at radius 2 is 1.69 bits per heavy atom. The summed E-state index contributed by atoms with van der Waals surface area (Å²) in [4.78, 5) is 29.2. The first-order valence-corrected chi connectivity index (χ1v) is 11.0. The zero-order valence-corrected chi connectivity index (χ0v) is 18.0. The Hall–Kier alpha value is -3.15. The summed E-state index contributed by atoms with van der Waals surface area (Å²) in [5, 5.41) is 3.60. The van der Waals surface area contributed by atoms with Gasteiger partial charge in [-0.2, -0.15) is 0 Å². The molecule has 1 unspecified atom stereocenters. The molecule has 4 nitrogen and oxygen atoms in total. The number of rotatable bonds is 6. The number of halogens is 2. The topological polar surface area (TPSA) is 59.1 Å². The molecule has 1 aliphatic rings. The fraction of sp³-hybridized carbons (Fsp3) is 0.346. The highest BCUT2D eigenvalue weighted by Gasteiger charge is 2.30. The number of benzene rings is 2. The van der Waals surface area contributed by atoms with E-state index in [2.05, 4.69) is 10.3 Å². The lowest BCUT2D eigenvalue weighted by Gasteiger charge is -2.32. The Morgan fingerprint density at radius 3 is 2.41 bits per heavy atom. The molecule has 1 aromatic heterocycles. The van der Waals surface area contributed by atoms with Gasteiger partial charge >= 0.3 is 0 Å². The summed E-state index contributed by atoms with van der Waals surface area (Å²) < 4.78 is 26.8. The molecule has 6 heteroatoms. The number of hydrogen-bond acceptors (Lipinski definition) is 3. The Balaban J connectivity index is 1.33. The summed E-state index contributed by atoms with van der Waals surface area (Å²) in [6, 6.07) is 12.0. The minimum atomic E-state index is -0.403. The van der Waals surface area contributed by atoms with Crippen LogP contribution < -0.4 is 5.32 Å². The van der Waals surface area contributed by atoms with Gasteiger partial charge < -0.3 is 5.32 Å². The maximum atomic E-state index is 13.8. The molecule has 0 aliphatic heterocycles. The van der Waals surface area contributed by atoms with E-state index >= 15 is 0 Å². The predicted molar refractivity (Wildman–Crippen MR) is 119 cm³/mol. The number of nitrogens with zero attached hydrogens (tertiary/aromatic N) is 1. The van der Waals surface area contributed by atoms with Crippen LogP contribution in [0.4, 0.5) is 8.78 Å². The Labute approximate surface area is 186 Å². The lowest BCUT2D eigenvalue weighted by molar-refractivity contribution is -0.126. The lowest BCUT2D eigenvalue weighted by atomic mass is 9.73. The fourth-order valence-electron chi connectivity index (χ4n) is 4.71. The number of Topliss-reactive ketones (excluding diaryl/α,β-unsaturated/α-hetero) is 1. The Morgan fingerprint density at radius 1 is 1.00 bits per heavy atom. The van der Waals surface area contributed by atoms with Gasteiger partial charge in [0.25, 0.3) is 0 Å². The van der Waals surface area contributed by atoms with Gasteiger partial charge in [-0.05, 0) is 91.6 Å². The highest BCUT2D eigenvalue weighted by Crippen LogP contribution is 2.40. The summed E-state index contributed by atoms with van der Waals surface area (Å²) in [7, 11) is 0. The van der Waals surface area contributed by atoms with Crippen LogP contribution in [0.5, 0.6) is 0 Å². The van der Waals surface area contributed by atoms with E-state index < -0.39 is 5.82 Å². The third kappa shape index (κ3) is 4.85. The molecule has 0 bridgehead atoms. The van der Waals surface area contributed by atoms with Gasteiger partial charge in [0.1, 0.15) is 11.6 Å². The van der Waals surface area contributed by atoms with Gasteiger partial charge in [-0.3, -0.25) is 14.6 Å². The van der Waals surface area contributed by atoms with Crippen LogP contribution in [0.25, 0.3) is 10.9 Å². The lowest BCUT2D eigenvalue weighted by Crippen LogP contribution is -2.37. The zero-order chi connectivity index (χ0) is 22.7. The first-order valence-electron chi connectivity index (χ1n) is 11.0. The standard InChI is InChI=1S/C26H26F2N2O2/c1-16(26(32)30-15-25(31)19-6-8-20(27)9-7-19)17-2-4-18(5-3-17)22-12-13-29-24-11-10-21(28)14-23(22)24/h6-14,16-18H,2-5,15H2,1H3,(H,30,32). The van der Waals surface area contributed by atoms with Crippen LogP contribution in [0, 0.1) is 23.5 Å². The minimum Gasteiger partial charge on any atom is -0.348 e. The molecule has 1 fully saturated rings. The minimum absolute atomic E-state index is 0.0985. The molecule has 1 heterocycles. The van der Waals surface area contributed by atoms with Crippen LogP contribution in [-0.2, 0) is 4.79 Å². The third-order valence-electron chi connectivity index (χ3n) is 6.66. The van der Waals surface area contributed by atoms with Crippen molar-refractivity contribution in [3.05, 3.63) is 77.5 Å². The molecule has 2 aromatic carbocycles. The van der Waals surface area contributed by atoms with Crippen LogP contribution in [0.15, 0.2) is 54.7 Å². The van der Waals surface area contributed by atoms with Crippen molar-refractivity contribution in [2.75, 3.05) is 6.54 Å². The molecule has 1 aliphatic carbocycles. The summed E-state index contributed by atoms with van der Waals surface area (Å²) in [6.07, 6.45) is 5.41. The van der Waals surface area contributed by atoms with Crippen molar-refractivity contribution in [1.82, 2.24) is 10.3 Å². The van der Waals surface area contributed by atoms with E-state index in [0.29, 0.717) is 11.5 Å². The first-order chi connectivity index (χ1) is 15.4. The van der Waals surface area contributed by atoms with Crippen LogP contribution in [0.1, 0.15) is 54.4 Å². The monoisotopic (exact) mass is 436 g/mol. The van der Waals surface area contributed by atoms with Crippen LogP contribution in [-0.4, -0.2) is 23.2 Å². The first kappa shape index (κ1) is 22.1. The second kappa shape index (κ2) is 9.55. The number of nitrogens with one attached hydrogen (secondary N) is 1. The molecule has 1 atom stereocenters. The molecule has 1 saturated carbocycles. The maximum absolute atomic E-state index is 13.8. The van der Waals surface area contributed by atoms with Gasteiger partial charge in [-0.15, -0.1) is 0 Å². The number of pyridine rings is 1. The SMILES string of the molecule is CC(C(=O)NCC(=O)c1ccc(F)cc1)C1CCC(c2ccnc3ccc(F)cc23)CC1. The van der Waals surface area contributed by atoms with Gasteiger partial charge in [0.05, 0.1) is 12.1 Å².